The topological polar surface area (TPSA) is 79.0 Å². The van der Waals surface area contributed by atoms with Gasteiger partial charge in [-0.15, -0.1) is 0 Å². The van der Waals surface area contributed by atoms with E-state index in [0.717, 1.165) is 16.3 Å². The third-order valence-electron chi connectivity index (χ3n) is 3.08. The summed E-state index contributed by atoms with van der Waals surface area (Å²) in [6.45, 7) is 0. The highest BCUT2D eigenvalue weighted by atomic mass is 32.2. The molecule has 0 spiro atoms. The van der Waals surface area contributed by atoms with E-state index in [9.17, 15) is 13.2 Å². The predicted octanol–water partition coefficient (Wildman–Crippen LogP) is 1.21. The van der Waals surface area contributed by atoms with Gasteiger partial charge in [0.1, 0.15) is 0 Å². The maximum absolute atomic E-state index is 12.1. The average Bonchev–Trinajstić information content (AvgIpc) is 2.92. The van der Waals surface area contributed by atoms with Crippen LogP contribution in [-0.2, 0) is 9.84 Å². The van der Waals surface area contributed by atoms with Crippen LogP contribution in [-0.4, -0.2) is 31.1 Å². The summed E-state index contributed by atoms with van der Waals surface area (Å²) in [5.74, 6) is -0.342. The van der Waals surface area contributed by atoms with Crippen LogP contribution in [0.5, 0.6) is 0 Å². The van der Waals surface area contributed by atoms with Crippen LogP contribution in [0.25, 0.3) is 10.9 Å². The van der Waals surface area contributed by atoms with Crippen LogP contribution in [0.1, 0.15) is 10.4 Å². The molecule has 5 nitrogen and oxygen atoms in total. The Bertz CT molecular complexity index is 774. The summed E-state index contributed by atoms with van der Waals surface area (Å²) in [4.78, 5) is 15.1. The van der Waals surface area contributed by atoms with Crippen molar-refractivity contribution < 1.29 is 13.2 Å². The highest BCUT2D eigenvalue weighted by molar-refractivity contribution is 7.94. The van der Waals surface area contributed by atoms with Crippen molar-refractivity contribution in [3.05, 3.63) is 47.5 Å². The van der Waals surface area contributed by atoms with Gasteiger partial charge in [-0.3, -0.25) is 4.79 Å². The third-order valence-corrected chi connectivity index (χ3v) is 4.48. The van der Waals surface area contributed by atoms with Crippen molar-refractivity contribution in [2.24, 2.45) is 0 Å². The Hall–Kier alpha value is -2.08. The molecule has 2 N–H and O–H groups in total. The zero-order chi connectivity index (χ0) is 13.5. The number of aromatic nitrogens is 1. The smallest absolute Gasteiger partial charge is 0.253 e. The largest absolute Gasteiger partial charge is 0.360 e. The summed E-state index contributed by atoms with van der Waals surface area (Å²) in [6, 6.07) is 7.01. The number of amides is 1. The van der Waals surface area contributed by atoms with Gasteiger partial charge in [0.25, 0.3) is 5.91 Å². The monoisotopic (exact) mass is 276 g/mol. The number of carbonyl (C=O) groups excluding carboxylic acids is 1. The van der Waals surface area contributed by atoms with E-state index in [1.54, 1.807) is 6.20 Å². The summed E-state index contributed by atoms with van der Waals surface area (Å²) >= 11 is 0. The molecule has 1 unspecified atom stereocenters. The Morgan fingerprint density at radius 2 is 2.11 bits per heavy atom. The Morgan fingerprint density at radius 1 is 1.32 bits per heavy atom. The molecule has 1 aromatic heterocycles. The van der Waals surface area contributed by atoms with Gasteiger partial charge in [0.2, 0.25) is 0 Å². The first-order valence-corrected chi connectivity index (χ1v) is 7.55. The molecule has 0 aliphatic carbocycles. The van der Waals surface area contributed by atoms with Crippen molar-refractivity contribution in [3.8, 4) is 0 Å². The molecule has 6 heteroatoms. The first-order valence-electron chi connectivity index (χ1n) is 5.83. The second-order valence-electron chi connectivity index (χ2n) is 4.49. The lowest BCUT2D eigenvalue weighted by Crippen LogP contribution is -2.35. The number of hydrogen-bond donors (Lipinski definition) is 2. The van der Waals surface area contributed by atoms with Gasteiger partial charge in [-0.05, 0) is 12.1 Å². The van der Waals surface area contributed by atoms with Crippen molar-refractivity contribution in [1.82, 2.24) is 10.3 Å². The molecule has 0 saturated carbocycles. The quantitative estimate of drug-likeness (QED) is 0.865. The fraction of sp³-hybridized carbons (Fsp3) is 0.154. The molecule has 1 aliphatic rings. The lowest BCUT2D eigenvalue weighted by atomic mass is 10.1. The van der Waals surface area contributed by atoms with Crippen LogP contribution in [0, 0.1) is 0 Å². The zero-order valence-electron chi connectivity index (χ0n) is 9.96. The average molecular weight is 276 g/mol. The fourth-order valence-electron chi connectivity index (χ4n) is 2.17. The van der Waals surface area contributed by atoms with Crippen LogP contribution >= 0.6 is 0 Å². The summed E-state index contributed by atoms with van der Waals surface area (Å²) in [6.07, 6.45) is 3.13. The van der Waals surface area contributed by atoms with E-state index in [1.165, 1.54) is 6.08 Å². The predicted molar refractivity (Wildman–Crippen MR) is 72.5 cm³/mol. The first-order chi connectivity index (χ1) is 9.05. The van der Waals surface area contributed by atoms with Gasteiger partial charge in [-0.2, -0.15) is 0 Å². The molecule has 98 valence electrons. The highest BCUT2D eigenvalue weighted by Gasteiger charge is 2.24. The molecular weight excluding hydrogens is 264 g/mol. The maximum Gasteiger partial charge on any atom is 0.253 e. The van der Waals surface area contributed by atoms with Gasteiger partial charge < -0.3 is 10.3 Å². The van der Waals surface area contributed by atoms with Crippen molar-refractivity contribution in [3.63, 3.8) is 0 Å². The number of nitrogens with one attached hydrogen (secondary N) is 2. The van der Waals surface area contributed by atoms with Gasteiger partial charge in [0.15, 0.2) is 9.84 Å². The number of rotatable bonds is 2. The third kappa shape index (κ3) is 2.26. The number of benzene rings is 1. The van der Waals surface area contributed by atoms with Crippen molar-refractivity contribution in [1.29, 1.82) is 0 Å². The molecule has 1 aliphatic heterocycles. The maximum atomic E-state index is 12.1. The Morgan fingerprint density at radius 3 is 2.84 bits per heavy atom. The Kier molecular flexibility index (Phi) is 2.67. The van der Waals surface area contributed by atoms with E-state index in [1.807, 2.05) is 24.3 Å². The van der Waals surface area contributed by atoms with Crippen LogP contribution < -0.4 is 5.32 Å². The van der Waals surface area contributed by atoms with Gasteiger partial charge in [0.05, 0.1) is 17.4 Å². The van der Waals surface area contributed by atoms with Crippen molar-refractivity contribution in [2.75, 3.05) is 5.75 Å². The fourth-order valence-corrected chi connectivity index (χ4v) is 3.41. The molecule has 2 heterocycles. The van der Waals surface area contributed by atoms with Crippen LogP contribution in [0.4, 0.5) is 0 Å². The summed E-state index contributed by atoms with van der Waals surface area (Å²) in [7, 11) is -3.16. The number of sulfone groups is 1. The molecule has 0 saturated heterocycles. The van der Waals surface area contributed by atoms with E-state index in [2.05, 4.69) is 10.3 Å². The second kappa shape index (κ2) is 4.24. The summed E-state index contributed by atoms with van der Waals surface area (Å²) in [5.41, 5.74) is 1.40. The lowest BCUT2D eigenvalue weighted by molar-refractivity contribution is 0.0949. The first kappa shape index (κ1) is 12.0. The molecule has 0 bridgehead atoms. The van der Waals surface area contributed by atoms with Gasteiger partial charge >= 0.3 is 0 Å². The molecular formula is C13H12N2O3S. The minimum Gasteiger partial charge on any atom is -0.360 e. The normalized spacial score (nSPS) is 20.7. The Balaban J connectivity index is 1.84. The van der Waals surface area contributed by atoms with Gasteiger partial charge in [-0.1, -0.05) is 18.2 Å². The van der Waals surface area contributed by atoms with Crippen molar-refractivity contribution in [2.45, 2.75) is 6.04 Å². The van der Waals surface area contributed by atoms with Gasteiger partial charge in [-0.25, -0.2) is 8.42 Å². The molecule has 1 atom stereocenters. The number of para-hydroxylation sites is 1. The number of carbonyl (C=O) groups is 1. The number of fused-ring (bicyclic) bond motifs is 1. The van der Waals surface area contributed by atoms with Gasteiger partial charge in [0, 0.05) is 22.5 Å². The van der Waals surface area contributed by atoms with E-state index in [-0.39, 0.29) is 11.7 Å². The van der Waals surface area contributed by atoms with Crippen LogP contribution in [0.3, 0.4) is 0 Å². The summed E-state index contributed by atoms with van der Waals surface area (Å²) in [5, 5.41) is 4.67. The number of hydrogen-bond acceptors (Lipinski definition) is 3. The summed E-state index contributed by atoms with van der Waals surface area (Å²) < 4.78 is 22.6. The molecule has 0 fully saturated rings. The number of aromatic amines is 1. The van der Waals surface area contributed by atoms with Crippen LogP contribution in [0.2, 0.25) is 0 Å². The van der Waals surface area contributed by atoms with Crippen molar-refractivity contribution >= 4 is 26.6 Å². The second-order valence-corrected chi connectivity index (χ2v) is 6.42. The minimum absolute atomic E-state index is 0.0684. The molecule has 1 amide bonds. The van der Waals surface area contributed by atoms with E-state index < -0.39 is 15.9 Å². The standard InChI is InChI=1S/C13H12N2O3S/c16-13(15-9-5-6-19(17,18)8-9)11-7-14-12-4-2-1-3-10(11)12/h1-7,9,14H,8H2,(H,15,16). The molecule has 19 heavy (non-hydrogen) atoms. The Labute approximate surface area is 110 Å². The van der Waals surface area contributed by atoms with E-state index >= 15 is 0 Å². The lowest BCUT2D eigenvalue weighted by Gasteiger charge is -2.09. The number of H-pyrrole nitrogens is 1. The van der Waals surface area contributed by atoms with Crippen LogP contribution in [0.15, 0.2) is 41.9 Å². The SMILES string of the molecule is O=C(NC1C=CS(=O)(=O)C1)c1c[nH]c2ccccc12. The molecule has 1 aromatic carbocycles. The van der Waals surface area contributed by atoms with E-state index in [0.29, 0.717) is 5.56 Å². The molecule has 3 rings (SSSR count). The zero-order valence-corrected chi connectivity index (χ0v) is 10.8. The minimum atomic E-state index is -3.16. The highest BCUT2D eigenvalue weighted by Crippen LogP contribution is 2.18. The molecule has 2 aromatic rings. The molecule has 0 radical (unpaired) electrons. The van der Waals surface area contributed by atoms with E-state index in [4.69, 9.17) is 0 Å².